The number of benzene rings is 1. The van der Waals surface area contributed by atoms with E-state index in [0.29, 0.717) is 12.5 Å². The van der Waals surface area contributed by atoms with Crippen LogP contribution in [0.5, 0.6) is 11.5 Å². The molecule has 1 heterocycles. The second-order valence-electron chi connectivity index (χ2n) is 4.90. The molecule has 2 rings (SSSR count). The van der Waals surface area contributed by atoms with Gasteiger partial charge in [0.2, 0.25) is 0 Å². The van der Waals surface area contributed by atoms with Crippen LogP contribution >= 0.6 is 0 Å². The summed E-state index contributed by atoms with van der Waals surface area (Å²) in [5.74, 6) is 2.11. The molecule has 1 aromatic rings. The standard InChI is InChI=1S/C13H19NO2/c1-13(2)7-9(8-14)11-5-4-10(15-3)6-12(11)16-13/h4-6,9H,7-8,14H2,1-3H3. The number of fused-ring (bicyclic) bond motifs is 1. The number of ether oxygens (including phenoxy) is 2. The van der Waals surface area contributed by atoms with E-state index in [0.717, 1.165) is 17.9 Å². The maximum atomic E-state index is 5.96. The Hall–Kier alpha value is -1.22. The minimum Gasteiger partial charge on any atom is -0.497 e. The van der Waals surface area contributed by atoms with Gasteiger partial charge in [0.15, 0.2) is 0 Å². The van der Waals surface area contributed by atoms with Crippen LogP contribution in [-0.2, 0) is 0 Å². The third-order valence-corrected chi connectivity index (χ3v) is 3.07. The molecule has 0 spiro atoms. The van der Waals surface area contributed by atoms with Crippen molar-refractivity contribution >= 4 is 0 Å². The summed E-state index contributed by atoms with van der Waals surface area (Å²) in [6.07, 6.45) is 0.961. The van der Waals surface area contributed by atoms with E-state index in [2.05, 4.69) is 19.9 Å². The third-order valence-electron chi connectivity index (χ3n) is 3.07. The van der Waals surface area contributed by atoms with Gasteiger partial charge in [-0.05, 0) is 38.4 Å². The van der Waals surface area contributed by atoms with Crippen LogP contribution in [0.3, 0.4) is 0 Å². The Kier molecular flexibility index (Phi) is 2.80. The van der Waals surface area contributed by atoms with Gasteiger partial charge in [0.05, 0.1) is 7.11 Å². The predicted octanol–water partition coefficient (Wildman–Crippen LogP) is 2.30. The van der Waals surface area contributed by atoms with Crippen molar-refractivity contribution in [3.8, 4) is 11.5 Å². The molecule has 16 heavy (non-hydrogen) atoms. The summed E-state index contributed by atoms with van der Waals surface area (Å²) in [5, 5.41) is 0. The molecule has 1 unspecified atom stereocenters. The van der Waals surface area contributed by atoms with Crippen molar-refractivity contribution < 1.29 is 9.47 Å². The van der Waals surface area contributed by atoms with Crippen LogP contribution in [0.2, 0.25) is 0 Å². The average molecular weight is 221 g/mol. The molecule has 0 radical (unpaired) electrons. The van der Waals surface area contributed by atoms with Crippen LogP contribution in [0.25, 0.3) is 0 Å². The highest BCUT2D eigenvalue weighted by Gasteiger charge is 2.33. The monoisotopic (exact) mass is 221 g/mol. The smallest absolute Gasteiger partial charge is 0.127 e. The zero-order valence-electron chi connectivity index (χ0n) is 10.1. The molecular formula is C13H19NO2. The van der Waals surface area contributed by atoms with E-state index in [1.165, 1.54) is 5.56 Å². The molecule has 0 aliphatic carbocycles. The SMILES string of the molecule is COc1ccc2c(c1)OC(C)(C)CC2CN. The highest BCUT2D eigenvalue weighted by atomic mass is 16.5. The highest BCUT2D eigenvalue weighted by Crippen LogP contribution is 2.41. The quantitative estimate of drug-likeness (QED) is 0.833. The highest BCUT2D eigenvalue weighted by molar-refractivity contribution is 5.44. The van der Waals surface area contributed by atoms with E-state index in [-0.39, 0.29) is 5.60 Å². The lowest BCUT2D eigenvalue weighted by Gasteiger charge is -2.37. The molecule has 1 aliphatic heterocycles. The van der Waals surface area contributed by atoms with Crippen LogP contribution in [0.15, 0.2) is 18.2 Å². The van der Waals surface area contributed by atoms with Crippen molar-refractivity contribution in [2.75, 3.05) is 13.7 Å². The van der Waals surface area contributed by atoms with Crippen LogP contribution in [0, 0.1) is 0 Å². The molecule has 3 nitrogen and oxygen atoms in total. The van der Waals surface area contributed by atoms with Crippen molar-refractivity contribution in [3.63, 3.8) is 0 Å². The largest absolute Gasteiger partial charge is 0.497 e. The number of hydrogen-bond donors (Lipinski definition) is 1. The lowest BCUT2D eigenvalue weighted by Crippen LogP contribution is -2.36. The molecule has 2 N–H and O–H groups in total. The van der Waals surface area contributed by atoms with Gasteiger partial charge in [-0.2, -0.15) is 0 Å². The van der Waals surface area contributed by atoms with Gasteiger partial charge >= 0.3 is 0 Å². The van der Waals surface area contributed by atoms with Gasteiger partial charge < -0.3 is 15.2 Å². The number of hydrogen-bond acceptors (Lipinski definition) is 3. The van der Waals surface area contributed by atoms with E-state index >= 15 is 0 Å². The molecule has 0 saturated heterocycles. The lowest BCUT2D eigenvalue weighted by molar-refractivity contribution is 0.0728. The minimum absolute atomic E-state index is 0.149. The van der Waals surface area contributed by atoms with Crippen LogP contribution < -0.4 is 15.2 Å². The van der Waals surface area contributed by atoms with Crippen molar-refractivity contribution in [1.29, 1.82) is 0 Å². The van der Waals surface area contributed by atoms with Gasteiger partial charge in [0, 0.05) is 12.0 Å². The molecule has 0 saturated carbocycles. The van der Waals surface area contributed by atoms with Crippen molar-refractivity contribution in [3.05, 3.63) is 23.8 Å². The summed E-state index contributed by atoms with van der Waals surface area (Å²) in [7, 11) is 1.66. The Morgan fingerprint density at radius 3 is 2.88 bits per heavy atom. The minimum atomic E-state index is -0.149. The second-order valence-corrected chi connectivity index (χ2v) is 4.90. The van der Waals surface area contributed by atoms with E-state index < -0.39 is 0 Å². The van der Waals surface area contributed by atoms with Gasteiger partial charge in [-0.1, -0.05) is 6.07 Å². The molecule has 0 aromatic heterocycles. The maximum absolute atomic E-state index is 5.96. The number of methoxy groups -OCH3 is 1. The van der Waals surface area contributed by atoms with Gasteiger partial charge in [0.1, 0.15) is 17.1 Å². The van der Waals surface area contributed by atoms with Gasteiger partial charge in [0.25, 0.3) is 0 Å². The fraction of sp³-hybridized carbons (Fsp3) is 0.538. The summed E-state index contributed by atoms with van der Waals surface area (Å²) in [4.78, 5) is 0. The van der Waals surface area contributed by atoms with Crippen molar-refractivity contribution in [2.45, 2.75) is 31.8 Å². The zero-order valence-corrected chi connectivity index (χ0v) is 10.1. The summed E-state index contributed by atoms with van der Waals surface area (Å²) in [6.45, 7) is 4.85. The fourth-order valence-electron chi connectivity index (χ4n) is 2.32. The summed E-state index contributed by atoms with van der Waals surface area (Å²) < 4.78 is 11.2. The molecule has 1 aromatic carbocycles. The third kappa shape index (κ3) is 2.00. The summed E-state index contributed by atoms with van der Waals surface area (Å²) >= 11 is 0. The average Bonchev–Trinajstić information content (AvgIpc) is 2.25. The molecule has 1 aliphatic rings. The van der Waals surface area contributed by atoms with Gasteiger partial charge in [-0.15, -0.1) is 0 Å². The Morgan fingerprint density at radius 1 is 1.50 bits per heavy atom. The Labute approximate surface area is 96.5 Å². The molecular weight excluding hydrogens is 202 g/mol. The molecule has 88 valence electrons. The van der Waals surface area contributed by atoms with Gasteiger partial charge in [-0.25, -0.2) is 0 Å². The Balaban J connectivity index is 2.42. The topological polar surface area (TPSA) is 44.5 Å². The van der Waals surface area contributed by atoms with Crippen LogP contribution in [0.1, 0.15) is 31.7 Å². The Bertz CT molecular complexity index is 388. The van der Waals surface area contributed by atoms with E-state index in [4.69, 9.17) is 15.2 Å². The van der Waals surface area contributed by atoms with E-state index in [1.54, 1.807) is 7.11 Å². The Morgan fingerprint density at radius 2 is 2.25 bits per heavy atom. The molecule has 1 atom stereocenters. The molecule has 0 amide bonds. The fourth-order valence-corrected chi connectivity index (χ4v) is 2.32. The van der Waals surface area contributed by atoms with Gasteiger partial charge in [-0.3, -0.25) is 0 Å². The maximum Gasteiger partial charge on any atom is 0.127 e. The molecule has 3 heteroatoms. The zero-order chi connectivity index (χ0) is 11.8. The second kappa shape index (κ2) is 3.98. The van der Waals surface area contributed by atoms with Crippen LogP contribution in [0.4, 0.5) is 0 Å². The number of nitrogens with two attached hydrogens (primary N) is 1. The first-order valence-electron chi connectivity index (χ1n) is 5.63. The number of rotatable bonds is 2. The van der Waals surface area contributed by atoms with E-state index in [1.807, 2.05) is 12.1 Å². The van der Waals surface area contributed by atoms with Crippen molar-refractivity contribution in [1.82, 2.24) is 0 Å². The van der Waals surface area contributed by atoms with E-state index in [9.17, 15) is 0 Å². The van der Waals surface area contributed by atoms with Crippen molar-refractivity contribution in [2.24, 2.45) is 5.73 Å². The molecule has 0 fully saturated rings. The normalized spacial score (nSPS) is 22.1. The summed E-state index contributed by atoms with van der Waals surface area (Å²) in [5.41, 5.74) is 6.87. The molecule has 0 bridgehead atoms. The lowest BCUT2D eigenvalue weighted by atomic mass is 9.84. The first-order chi connectivity index (χ1) is 7.55. The first kappa shape index (κ1) is 11.3. The first-order valence-corrected chi connectivity index (χ1v) is 5.63. The summed E-state index contributed by atoms with van der Waals surface area (Å²) in [6, 6.07) is 5.96. The van der Waals surface area contributed by atoms with Crippen LogP contribution in [-0.4, -0.2) is 19.3 Å². The predicted molar refractivity (Wildman–Crippen MR) is 64.1 cm³/mol.